The quantitative estimate of drug-likeness (QED) is 0.194. The molecule has 314 valence electrons. The molecule has 4 aliphatic rings. The van der Waals surface area contributed by atoms with Gasteiger partial charge in [-0.1, -0.05) is 39.3 Å². The van der Waals surface area contributed by atoms with Crippen LogP contribution in [0, 0.1) is 28.1 Å². The average molecular weight is 833 g/mol. The van der Waals surface area contributed by atoms with E-state index in [0.717, 1.165) is 68.9 Å². The molecule has 13 nitrogen and oxygen atoms in total. The SMILES string of the molecule is C[C@@H]1CN(CC2CCN(c3ccc(C(=O)NC4C(C)(C)C(Oc5ccc(C#N)c(Cl)c5)C4(C)C)cc3)CC2)CCN1c1ccc2c(=O)n([C@@H]3CCC(=O)NC3=O)ncc2c1. The third-order valence-corrected chi connectivity index (χ3v) is 13.7. The van der Waals surface area contributed by atoms with E-state index in [1.807, 2.05) is 30.3 Å². The minimum atomic E-state index is -0.786. The van der Waals surface area contributed by atoms with Crippen molar-refractivity contribution in [2.75, 3.05) is 49.1 Å². The third-order valence-electron chi connectivity index (χ3n) is 13.4. The second-order valence-corrected chi connectivity index (χ2v) is 18.6. The Morgan fingerprint density at radius 1 is 0.950 bits per heavy atom. The van der Waals surface area contributed by atoms with E-state index in [0.29, 0.717) is 33.2 Å². The number of benzene rings is 3. The second kappa shape index (κ2) is 16.2. The molecule has 4 heterocycles. The summed E-state index contributed by atoms with van der Waals surface area (Å²) < 4.78 is 7.60. The lowest BCUT2D eigenvalue weighted by molar-refractivity contribution is -0.164. The number of imide groups is 1. The van der Waals surface area contributed by atoms with Crippen molar-refractivity contribution in [2.24, 2.45) is 16.7 Å². The first-order valence-corrected chi connectivity index (χ1v) is 21.4. The lowest BCUT2D eigenvalue weighted by Gasteiger charge is -2.63. The van der Waals surface area contributed by atoms with Gasteiger partial charge in [0, 0.05) is 97.0 Å². The number of hydrogen-bond donors (Lipinski definition) is 2. The molecule has 0 bridgehead atoms. The van der Waals surface area contributed by atoms with Crippen LogP contribution in [0.25, 0.3) is 10.8 Å². The van der Waals surface area contributed by atoms with E-state index in [4.69, 9.17) is 16.3 Å². The number of nitrogens with one attached hydrogen (secondary N) is 2. The topological polar surface area (TPSA) is 153 Å². The molecule has 14 heteroatoms. The van der Waals surface area contributed by atoms with Crippen LogP contribution in [0.2, 0.25) is 5.02 Å². The molecule has 0 spiro atoms. The molecule has 3 aliphatic heterocycles. The van der Waals surface area contributed by atoms with E-state index in [9.17, 15) is 24.4 Å². The van der Waals surface area contributed by atoms with Crippen LogP contribution in [-0.4, -0.2) is 89.9 Å². The van der Waals surface area contributed by atoms with E-state index in [1.165, 1.54) is 4.68 Å². The van der Waals surface area contributed by atoms with Gasteiger partial charge in [-0.2, -0.15) is 10.4 Å². The number of fused-ring (bicyclic) bond motifs is 1. The van der Waals surface area contributed by atoms with Crippen molar-refractivity contribution in [3.05, 3.63) is 93.4 Å². The van der Waals surface area contributed by atoms with Crippen molar-refractivity contribution < 1.29 is 19.1 Å². The molecule has 4 aromatic rings. The number of nitriles is 1. The number of amides is 3. The maximum Gasteiger partial charge on any atom is 0.275 e. The zero-order valence-electron chi connectivity index (χ0n) is 34.9. The molecule has 8 rings (SSSR count). The number of carbonyl (C=O) groups excluding carboxylic acids is 3. The summed E-state index contributed by atoms with van der Waals surface area (Å²) in [6.45, 7) is 16.5. The van der Waals surface area contributed by atoms with Gasteiger partial charge in [0.1, 0.15) is 24.0 Å². The molecule has 0 radical (unpaired) electrons. The highest BCUT2D eigenvalue weighted by molar-refractivity contribution is 6.31. The lowest BCUT2D eigenvalue weighted by Crippen LogP contribution is -2.74. The number of piperidine rings is 2. The number of piperazine rings is 1. The van der Waals surface area contributed by atoms with Crippen LogP contribution in [0.1, 0.15) is 82.3 Å². The van der Waals surface area contributed by atoms with Gasteiger partial charge >= 0.3 is 0 Å². The molecule has 1 saturated carbocycles. The van der Waals surface area contributed by atoms with Gasteiger partial charge in [-0.15, -0.1) is 0 Å². The molecule has 2 atom stereocenters. The van der Waals surface area contributed by atoms with Crippen molar-refractivity contribution in [3.8, 4) is 11.8 Å². The maximum atomic E-state index is 13.5. The Labute approximate surface area is 355 Å². The van der Waals surface area contributed by atoms with E-state index >= 15 is 0 Å². The number of ether oxygens (including phenoxy) is 1. The van der Waals surface area contributed by atoms with Gasteiger partial charge in [-0.05, 0) is 86.7 Å². The normalized spacial score (nSPS) is 24.4. The van der Waals surface area contributed by atoms with Gasteiger partial charge in [-0.25, -0.2) is 4.68 Å². The number of hydrogen-bond acceptors (Lipinski definition) is 10. The minimum absolute atomic E-state index is 0.102. The first-order chi connectivity index (χ1) is 28.6. The van der Waals surface area contributed by atoms with Crippen LogP contribution in [0.5, 0.6) is 5.75 Å². The van der Waals surface area contributed by atoms with Crippen molar-refractivity contribution in [1.82, 2.24) is 25.3 Å². The van der Waals surface area contributed by atoms with Crippen molar-refractivity contribution in [3.63, 3.8) is 0 Å². The Balaban J connectivity index is 0.806. The Morgan fingerprint density at radius 2 is 1.67 bits per heavy atom. The van der Waals surface area contributed by atoms with Gasteiger partial charge < -0.3 is 19.9 Å². The number of anilines is 2. The van der Waals surface area contributed by atoms with Crippen LogP contribution < -0.4 is 30.7 Å². The molecule has 60 heavy (non-hydrogen) atoms. The van der Waals surface area contributed by atoms with E-state index in [-0.39, 0.29) is 59.2 Å². The summed E-state index contributed by atoms with van der Waals surface area (Å²) in [7, 11) is 0. The number of aromatic nitrogens is 2. The highest BCUT2D eigenvalue weighted by atomic mass is 35.5. The standard InChI is InChI=1S/C46H53ClN8O5/c1-28-26-52(20-21-54(28)34-11-13-36-32(22-34)25-49-55(42(36)59)38-14-15-39(56)50-41(38)58)27-29-16-18-53(19-17-29)33-9-6-30(7-10-33)40(57)51-43-45(2,3)44(46(43,4)5)60-35-12-8-31(24-48)37(47)23-35/h6-13,22-23,25,28-29,38,43-44H,14-21,26-27H2,1-5H3,(H,51,57)(H,50,56,58)/t28-,38-,43?,44?/m1/s1. The van der Waals surface area contributed by atoms with Gasteiger partial charge in [0.2, 0.25) is 5.91 Å². The molecule has 1 aliphatic carbocycles. The Morgan fingerprint density at radius 3 is 2.33 bits per heavy atom. The highest BCUT2D eigenvalue weighted by Gasteiger charge is 2.64. The number of rotatable bonds is 9. The Hall–Kier alpha value is -5.45. The van der Waals surface area contributed by atoms with Crippen LogP contribution >= 0.6 is 11.6 Å². The van der Waals surface area contributed by atoms with Crippen LogP contribution in [0.4, 0.5) is 11.4 Å². The predicted molar refractivity (Wildman–Crippen MR) is 231 cm³/mol. The predicted octanol–water partition coefficient (Wildman–Crippen LogP) is 5.94. The van der Waals surface area contributed by atoms with Gasteiger partial charge in [-0.3, -0.25) is 29.4 Å². The average Bonchev–Trinajstić information content (AvgIpc) is 3.22. The maximum absolute atomic E-state index is 13.5. The molecule has 3 saturated heterocycles. The van der Waals surface area contributed by atoms with E-state index in [2.05, 4.69) is 83.3 Å². The summed E-state index contributed by atoms with van der Waals surface area (Å²) >= 11 is 6.26. The van der Waals surface area contributed by atoms with Crippen molar-refractivity contribution in [2.45, 2.75) is 84.5 Å². The second-order valence-electron chi connectivity index (χ2n) is 18.2. The molecular formula is C46H53ClN8O5. The number of carbonyl (C=O) groups is 3. The first-order valence-electron chi connectivity index (χ1n) is 21.0. The van der Waals surface area contributed by atoms with Gasteiger partial charge in [0.25, 0.3) is 17.4 Å². The smallest absolute Gasteiger partial charge is 0.275 e. The summed E-state index contributed by atoms with van der Waals surface area (Å²) in [4.78, 5) is 58.2. The van der Waals surface area contributed by atoms with Crippen molar-refractivity contribution >= 4 is 51.5 Å². The summed E-state index contributed by atoms with van der Waals surface area (Å²) in [5, 5.41) is 20.8. The largest absolute Gasteiger partial charge is 0.489 e. The molecule has 4 fully saturated rings. The van der Waals surface area contributed by atoms with E-state index < -0.39 is 11.9 Å². The van der Waals surface area contributed by atoms with Crippen LogP contribution in [-0.2, 0) is 9.59 Å². The summed E-state index contributed by atoms with van der Waals surface area (Å²) in [5.41, 5.74) is 2.20. The van der Waals surface area contributed by atoms with Crippen LogP contribution in [0.3, 0.4) is 0 Å². The summed E-state index contributed by atoms with van der Waals surface area (Å²) in [5.74, 6) is 0.297. The molecule has 2 N–H and O–H groups in total. The molecule has 3 amide bonds. The minimum Gasteiger partial charge on any atom is -0.489 e. The Kier molecular flexibility index (Phi) is 11.1. The van der Waals surface area contributed by atoms with Crippen LogP contribution in [0.15, 0.2) is 71.7 Å². The fourth-order valence-electron chi connectivity index (χ4n) is 10.4. The van der Waals surface area contributed by atoms with Gasteiger partial charge in [0.05, 0.1) is 22.2 Å². The molecular weight excluding hydrogens is 780 g/mol. The van der Waals surface area contributed by atoms with Gasteiger partial charge in [0.15, 0.2) is 0 Å². The molecule has 0 unspecified atom stereocenters. The zero-order valence-corrected chi connectivity index (χ0v) is 35.7. The fraction of sp³-hybridized carbons (Fsp3) is 0.478. The Bertz CT molecular complexity index is 2400. The third kappa shape index (κ3) is 7.83. The monoisotopic (exact) mass is 832 g/mol. The lowest BCUT2D eigenvalue weighted by atomic mass is 9.49. The molecule has 1 aromatic heterocycles. The van der Waals surface area contributed by atoms with E-state index in [1.54, 1.807) is 24.4 Å². The zero-order chi connectivity index (χ0) is 42.5. The summed E-state index contributed by atoms with van der Waals surface area (Å²) in [6, 6.07) is 20.4. The first kappa shape index (κ1) is 41.3. The number of nitrogens with zero attached hydrogens (tertiary/aromatic N) is 6. The summed E-state index contributed by atoms with van der Waals surface area (Å²) in [6.07, 6.45) is 4.12. The highest BCUT2D eigenvalue weighted by Crippen LogP contribution is 2.55. The van der Waals surface area contributed by atoms with Crippen molar-refractivity contribution in [1.29, 1.82) is 5.26 Å². The molecule has 3 aromatic carbocycles. The number of halogens is 1. The fourth-order valence-corrected chi connectivity index (χ4v) is 10.6.